The zero-order valence-corrected chi connectivity index (χ0v) is 12.9. The van der Waals surface area contributed by atoms with E-state index in [-0.39, 0.29) is 12.5 Å². The van der Waals surface area contributed by atoms with Gasteiger partial charge in [-0.2, -0.15) is 5.26 Å². The third-order valence-electron chi connectivity index (χ3n) is 2.87. The van der Waals surface area contributed by atoms with Gasteiger partial charge in [-0.3, -0.25) is 4.79 Å². The second-order valence-electron chi connectivity index (χ2n) is 4.42. The van der Waals surface area contributed by atoms with Gasteiger partial charge in [0, 0.05) is 16.7 Å². The lowest BCUT2D eigenvalue weighted by Gasteiger charge is -2.09. The summed E-state index contributed by atoms with van der Waals surface area (Å²) < 4.78 is 0.761. The summed E-state index contributed by atoms with van der Waals surface area (Å²) in [5.74, 6) is -0.0879. The Labute approximate surface area is 131 Å². The Morgan fingerprint density at radius 2 is 1.95 bits per heavy atom. The third kappa shape index (κ3) is 4.62. The van der Waals surface area contributed by atoms with Crippen LogP contribution in [-0.4, -0.2) is 12.5 Å². The van der Waals surface area contributed by atoms with Crippen LogP contribution in [0.1, 0.15) is 11.1 Å². The smallest absolute Gasteiger partial charge is 0.239 e. The lowest BCUT2D eigenvalue weighted by molar-refractivity contribution is -0.119. The number of rotatable bonds is 5. The van der Waals surface area contributed by atoms with Crippen molar-refractivity contribution in [2.24, 2.45) is 0 Å². The van der Waals surface area contributed by atoms with Gasteiger partial charge in [0.25, 0.3) is 0 Å². The number of amides is 1. The van der Waals surface area contributed by atoms with E-state index in [0.717, 1.165) is 15.7 Å². The summed E-state index contributed by atoms with van der Waals surface area (Å²) in [6.07, 6.45) is 0. The highest BCUT2D eigenvalue weighted by Crippen LogP contribution is 2.23. The van der Waals surface area contributed by atoms with Gasteiger partial charge in [0.05, 0.1) is 18.2 Å². The van der Waals surface area contributed by atoms with Crippen LogP contribution in [0, 0.1) is 11.3 Å². The summed E-state index contributed by atoms with van der Waals surface area (Å²) in [4.78, 5) is 11.8. The Hall–Kier alpha value is -2.32. The van der Waals surface area contributed by atoms with E-state index in [0.29, 0.717) is 12.1 Å². The molecular weight excluding hydrogens is 330 g/mol. The van der Waals surface area contributed by atoms with Crippen LogP contribution in [0.15, 0.2) is 53.0 Å². The first kappa shape index (κ1) is 15.1. The van der Waals surface area contributed by atoms with E-state index in [1.807, 2.05) is 30.3 Å². The molecule has 106 valence electrons. The number of nitriles is 1. The van der Waals surface area contributed by atoms with Crippen molar-refractivity contribution in [2.75, 3.05) is 11.9 Å². The van der Waals surface area contributed by atoms with Gasteiger partial charge in [-0.15, -0.1) is 0 Å². The molecule has 0 heterocycles. The van der Waals surface area contributed by atoms with E-state index in [2.05, 4.69) is 32.6 Å². The lowest BCUT2D eigenvalue weighted by Crippen LogP contribution is -2.29. The first-order valence-corrected chi connectivity index (χ1v) is 7.22. The molecule has 0 saturated heterocycles. The molecule has 5 heteroatoms. The number of hydrogen-bond acceptors (Lipinski definition) is 3. The minimum absolute atomic E-state index is 0.0879. The van der Waals surface area contributed by atoms with Gasteiger partial charge >= 0.3 is 0 Å². The van der Waals surface area contributed by atoms with Gasteiger partial charge in [-0.05, 0) is 39.7 Å². The Balaban J connectivity index is 1.83. The molecular formula is C16H14BrN3O. The van der Waals surface area contributed by atoms with Crippen LogP contribution in [0.4, 0.5) is 5.69 Å². The van der Waals surface area contributed by atoms with Gasteiger partial charge in [-0.1, -0.05) is 30.3 Å². The SMILES string of the molecule is N#Cc1ccc(NCC(=O)NCc2ccccc2)c(Br)c1. The summed E-state index contributed by atoms with van der Waals surface area (Å²) in [6.45, 7) is 0.688. The van der Waals surface area contributed by atoms with Crippen LogP contribution >= 0.6 is 15.9 Å². The zero-order chi connectivity index (χ0) is 15.1. The number of carbonyl (C=O) groups excluding carboxylic acids is 1. The molecule has 0 bridgehead atoms. The van der Waals surface area contributed by atoms with Crippen LogP contribution in [0.2, 0.25) is 0 Å². The van der Waals surface area contributed by atoms with Gasteiger partial charge in [-0.25, -0.2) is 0 Å². The van der Waals surface area contributed by atoms with Crippen molar-refractivity contribution in [1.29, 1.82) is 5.26 Å². The van der Waals surface area contributed by atoms with E-state index >= 15 is 0 Å². The van der Waals surface area contributed by atoms with Crippen LogP contribution < -0.4 is 10.6 Å². The Morgan fingerprint density at radius 1 is 1.19 bits per heavy atom. The van der Waals surface area contributed by atoms with Gasteiger partial charge in [0.15, 0.2) is 0 Å². The Bertz CT molecular complexity index is 665. The normalized spacial score (nSPS) is 9.71. The molecule has 0 unspecified atom stereocenters. The average Bonchev–Trinajstić information content (AvgIpc) is 2.52. The molecule has 2 N–H and O–H groups in total. The largest absolute Gasteiger partial charge is 0.375 e. The fraction of sp³-hybridized carbons (Fsp3) is 0.125. The van der Waals surface area contributed by atoms with Crippen LogP contribution in [-0.2, 0) is 11.3 Å². The number of hydrogen-bond donors (Lipinski definition) is 2. The molecule has 0 aliphatic carbocycles. The monoisotopic (exact) mass is 343 g/mol. The van der Waals surface area contributed by atoms with Crippen molar-refractivity contribution in [1.82, 2.24) is 5.32 Å². The molecule has 0 aliphatic rings. The summed E-state index contributed by atoms with van der Waals surface area (Å²) in [7, 11) is 0. The van der Waals surface area contributed by atoms with E-state index in [9.17, 15) is 4.79 Å². The van der Waals surface area contributed by atoms with E-state index < -0.39 is 0 Å². The van der Waals surface area contributed by atoms with Crippen LogP contribution in [0.3, 0.4) is 0 Å². The number of benzene rings is 2. The van der Waals surface area contributed by atoms with E-state index in [1.165, 1.54) is 0 Å². The quantitative estimate of drug-likeness (QED) is 0.876. The van der Waals surface area contributed by atoms with Crippen molar-refractivity contribution in [3.05, 3.63) is 64.1 Å². The highest BCUT2D eigenvalue weighted by Gasteiger charge is 2.04. The molecule has 0 spiro atoms. The summed E-state index contributed by atoms with van der Waals surface area (Å²) >= 11 is 3.37. The molecule has 2 aromatic rings. The Morgan fingerprint density at radius 3 is 2.62 bits per heavy atom. The molecule has 4 nitrogen and oxygen atoms in total. The summed E-state index contributed by atoms with van der Waals surface area (Å²) in [6, 6.07) is 17.0. The van der Waals surface area contributed by atoms with E-state index in [1.54, 1.807) is 18.2 Å². The molecule has 1 amide bonds. The number of nitrogens with one attached hydrogen (secondary N) is 2. The first-order chi connectivity index (χ1) is 10.2. The molecule has 0 saturated carbocycles. The molecule has 0 radical (unpaired) electrons. The van der Waals surface area contributed by atoms with Crippen molar-refractivity contribution >= 4 is 27.5 Å². The standard InChI is InChI=1S/C16H14BrN3O/c17-14-8-13(9-18)6-7-15(14)19-11-16(21)20-10-12-4-2-1-3-5-12/h1-8,19H,10-11H2,(H,20,21). The minimum atomic E-state index is -0.0879. The number of halogens is 1. The molecule has 0 fully saturated rings. The molecule has 0 aromatic heterocycles. The van der Waals surface area contributed by atoms with Gasteiger partial charge < -0.3 is 10.6 Å². The lowest BCUT2D eigenvalue weighted by atomic mass is 10.2. The molecule has 2 rings (SSSR count). The maximum atomic E-state index is 11.8. The topological polar surface area (TPSA) is 64.9 Å². The number of nitrogens with zero attached hydrogens (tertiary/aromatic N) is 1. The molecule has 2 aromatic carbocycles. The predicted molar refractivity (Wildman–Crippen MR) is 85.6 cm³/mol. The maximum Gasteiger partial charge on any atom is 0.239 e. The van der Waals surface area contributed by atoms with Crippen molar-refractivity contribution in [3.8, 4) is 6.07 Å². The fourth-order valence-corrected chi connectivity index (χ4v) is 2.28. The highest BCUT2D eigenvalue weighted by atomic mass is 79.9. The third-order valence-corrected chi connectivity index (χ3v) is 3.53. The number of anilines is 1. The second-order valence-corrected chi connectivity index (χ2v) is 5.28. The number of carbonyl (C=O) groups is 1. The average molecular weight is 344 g/mol. The maximum absolute atomic E-state index is 11.8. The van der Waals surface area contributed by atoms with Crippen molar-refractivity contribution in [3.63, 3.8) is 0 Å². The second kappa shape index (κ2) is 7.46. The zero-order valence-electron chi connectivity index (χ0n) is 11.3. The van der Waals surface area contributed by atoms with Crippen molar-refractivity contribution in [2.45, 2.75) is 6.54 Å². The highest BCUT2D eigenvalue weighted by molar-refractivity contribution is 9.10. The van der Waals surface area contributed by atoms with Crippen LogP contribution in [0.25, 0.3) is 0 Å². The molecule has 21 heavy (non-hydrogen) atoms. The van der Waals surface area contributed by atoms with E-state index in [4.69, 9.17) is 5.26 Å². The van der Waals surface area contributed by atoms with Gasteiger partial charge in [0.1, 0.15) is 0 Å². The molecule has 0 atom stereocenters. The first-order valence-electron chi connectivity index (χ1n) is 6.43. The predicted octanol–water partition coefficient (Wildman–Crippen LogP) is 3.05. The summed E-state index contributed by atoms with van der Waals surface area (Å²) in [5, 5.41) is 14.7. The Kier molecular flexibility index (Phi) is 5.35. The summed E-state index contributed by atoms with van der Waals surface area (Å²) in [5.41, 5.74) is 2.41. The van der Waals surface area contributed by atoms with Crippen molar-refractivity contribution < 1.29 is 4.79 Å². The van der Waals surface area contributed by atoms with Gasteiger partial charge in [0.2, 0.25) is 5.91 Å². The minimum Gasteiger partial charge on any atom is -0.375 e. The molecule has 0 aliphatic heterocycles. The van der Waals surface area contributed by atoms with Crippen LogP contribution in [0.5, 0.6) is 0 Å². The fourth-order valence-electron chi connectivity index (χ4n) is 1.76.